The normalized spacial score (nSPS) is 11.8. The maximum absolute atomic E-state index is 13.6. The molecule has 3 aromatic rings. The molecule has 6 nitrogen and oxygen atoms in total. The molecule has 0 aliphatic rings. The van der Waals surface area contributed by atoms with Crippen LogP contribution in [-0.4, -0.2) is 27.7 Å². The first-order chi connectivity index (χ1) is 16.5. The zero-order valence-electron chi connectivity index (χ0n) is 20.8. The van der Waals surface area contributed by atoms with Crippen LogP contribution in [0.1, 0.15) is 33.4 Å². The van der Waals surface area contributed by atoms with Gasteiger partial charge in [0.1, 0.15) is 0 Å². The lowest BCUT2D eigenvalue weighted by atomic mass is 10.00. The average Bonchev–Trinajstić information content (AvgIpc) is 2.80. The summed E-state index contributed by atoms with van der Waals surface area (Å²) >= 11 is 6.53. The molecule has 182 valence electrons. The van der Waals surface area contributed by atoms with E-state index in [2.05, 4.69) is 15.6 Å². The molecule has 0 aliphatic carbocycles. The fourth-order valence-corrected chi connectivity index (χ4v) is 4.14. The van der Waals surface area contributed by atoms with E-state index in [1.54, 1.807) is 0 Å². The number of hydrogen-bond acceptors (Lipinski definition) is 4. The zero-order valence-corrected chi connectivity index (χ0v) is 21.5. The average molecular weight is 492 g/mol. The van der Waals surface area contributed by atoms with Gasteiger partial charge < -0.3 is 15.7 Å². The van der Waals surface area contributed by atoms with Gasteiger partial charge in [-0.2, -0.15) is 0 Å². The van der Waals surface area contributed by atoms with E-state index in [1.165, 1.54) is 0 Å². The second-order valence-corrected chi connectivity index (χ2v) is 9.15. The highest BCUT2D eigenvalue weighted by Gasteiger charge is 2.49. The van der Waals surface area contributed by atoms with Crippen LogP contribution in [0.4, 0.5) is 17.1 Å². The molecule has 0 bridgehead atoms. The van der Waals surface area contributed by atoms with E-state index in [4.69, 9.17) is 11.6 Å². The van der Waals surface area contributed by atoms with Gasteiger partial charge >= 0.3 is 0 Å². The number of rotatable bonds is 6. The molecule has 35 heavy (non-hydrogen) atoms. The molecule has 0 heterocycles. The Labute approximate surface area is 211 Å². The number of halogens is 1. The third-order valence-corrected chi connectivity index (χ3v) is 6.40. The lowest BCUT2D eigenvalue weighted by molar-refractivity contribution is -0.139. The molecule has 0 saturated carbocycles. The number of anilines is 2. The van der Waals surface area contributed by atoms with Gasteiger partial charge in [0, 0.05) is 11.4 Å². The van der Waals surface area contributed by atoms with Crippen LogP contribution in [0.3, 0.4) is 0 Å². The first-order valence-corrected chi connectivity index (χ1v) is 11.6. The van der Waals surface area contributed by atoms with Gasteiger partial charge in [-0.3, -0.25) is 9.59 Å². The van der Waals surface area contributed by atoms with Crippen LogP contribution in [0.15, 0.2) is 59.6 Å². The summed E-state index contributed by atoms with van der Waals surface area (Å²) in [6.07, 6.45) is 0. The standard InChI is InChI=1S/C28H30ClN3O3/c1-16-10-7-11-17(2)22(16)30-25(29)28(35,26(33)31-23-18(3)12-8-13-19(23)4)27(34)32-24-20(5)14-9-15-21(24)6/h7-15,35H,1-6H3,(H,31,33)(H,32,34). The number of para-hydroxylation sites is 3. The number of aliphatic hydroxyl groups is 1. The SMILES string of the molecule is Cc1cccc(C)c1N=C(Cl)C(O)(C(=O)Nc1c(C)cccc1C)C(=O)Nc1c(C)cccc1C. The van der Waals surface area contributed by atoms with Crippen molar-refractivity contribution in [1.29, 1.82) is 0 Å². The highest BCUT2D eigenvalue weighted by atomic mass is 35.5. The minimum atomic E-state index is -2.79. The Morgan fingerprint density at radius 3 is 1.34 bits per heavy atom. The molecule has 0 radical (unpaired) electrons. The number of aliphatic imine (C=N–C) groups is 1. The Hall–Kier alpha value is -3.48. The summed E-state index contributed by atoms with van der Waals surface area (Å²) < 4.78 is 0. The Kier molecular flexibility index (Phi) is 7.78. The first kappa shape index (κ1) is 26.1. The number of carbonyl (C=O) groups excluding carboxylic acids is 2. The van der Waals surface area contributed by atoms with Crippen molar-refractivity contribution in [2.45, 2.75) is 47.1 Å². The fourth-order valence-electron chi connectivity index (χ4n) is 3.88. The molecular weight excluding hydrogens is 462 g/mol. The number of aryl methyl sites for hydroxylation is 6. The number of nitrogens with one attached hydrogen (secondary N) is 2. The smallest absolute Gasteiger partial charge is 0.276 e. The molecule has 0 saturated heterocycles. The summed E-state index contributed by atoms with van der Waals surface area (Å²) in [5.74, 6) is -2.00. The first-order valence-electron chi connectivity index (χ1n) is 11.3. The van der Waals surface area contributed by atoms with Crippen molar-refractivity contribution in [3.63, 3.8) is 0 Å². The van der Waals surface area contributed by atoms with Gasteiger partial charge in [-0.1, -0.05) is 66.2 Å². The van der Waals surface area contributed by atoms with E-state index < -0.39 is 22.6 Å². The number of nitrogens with zero attached hydrogens (tertiary/aromatic N) is 1. The van der Waals surface area contributed by atoms with Crippen LogP contribution in [0.5, 0.6) is 0 Å². The second kappa shape index (κ2) is 10.4. The van der Waals surface area contributed by atoms with Crippen LogP contribution in [0.25, 0.3) is 0 Å². The van der Waals surface area contributed by atoms with Gasteiger partial charge in [-0.15, -0.1) is 0 Å². The molecule has 0 spiro atoms. The molecule has 0 aromatic heterocycles. The van der Waals surface area contributed by atoms with Crippen molar-refractivity contribution < 1.29 is 14.7 Å². The molecular formula is C28H30ClN3O3. The monoisotopic (exact) mass is 491 g/mol. The van der Waals surface area contributed by atoms with E-state index >= 15 is 0 Å². The molecule has 3 N–H and O–H groups in total. The predicted octanol–water partition coefficient (Wildman–Crippen LogP) is 5.81. The van der Waals surface area contributed by atoms with Crippen molar-refractivity contribution in [2.75, 3.05) is 10.6 Å². The van der Waals surface area contributed by atoms with Crippen LogP contribution in [0, 0.1) is 41.5 Å². The van der Waals surface area contributed by atoms with Crippen molar-refractivity contribution in [1.82, 2.24) is 0 Å². The maximum atomic E-state index is 13.6. The highest BCUT2D eigenvalue weighted by molar-refractivity contribution is 6.72. The van der Waals surface area contributed by atoms with E-state index in [0.717, 1.165) is 33.4 Å². The molecule has 0 aliphatic heterocycles. The highest BCUT2D eigenvalue weighted by Crippen LogP contribution is 2.29. The molecule has 3 rings (SSSR count). The molecule has 2 amide bonds. The van der Waals surface area contributed by atoms with Crippen LogP contribution >= 0.6 is 11.6 Å². The van der Waals surface area contributed by atoms with Crippen LogP contribution in [0.2, 0.25) is 0 Å². The van der Waals surface area contributed by atoms with Crippen LogP contribution < -0.4 is 10.6 Å². The Morgan fingerprint density at radius 2 is 1.00 bits per heavy atom. The van der Waals surface area contributed by atoms with Gasteiger partial charge in [0.15, 0.2) is 5.17 Å². The molecule has 0 unspecified atom stereocenters. The van der Waals surface area contributed by atoms with Crippen molar-refractivity contribution >= 4 is 45.6 Å². The van der Waals surface area contributed by atoms with Crippen molar-refractivity contribution in [2.24, 2.45) is 4.99 Å². The van der Waals surface area contributed by atoms with Gasteiger partial charge in [-0.25, -0.2) is 4.99 Å². The second-order valence-electron chi connectivity index (χ2n) is 8.80. The largest absolute Gasteiger partial charge is 0.366 e. The maximum Gasteiger partial charge on any atom is 0.276 e. The number of benzene rings is 3. The molecule has 0 fully saturated rings. The van der Waals surface area contributed by atoms with Gasteiger partial charge in [0.05, 0.1) is 5.69 Å². The summed E-state index contributed by atoms with van der Waals surface area (Å²) in [4.78, 5) is 31.5. The fraction of sp³-hybridized carbons (Fsp3) is 0.250. The predicted molar refractivity (Wildman–Crippen MR) is 143 cm³/mol. The number of carbonyl (C=O) groups is 2. The Morgan fingerprint density at radius 1 is 0.686 bits per heavy atom. The Balaban J connectivity index is 2.12. The van der Waals surface area contributed by atoms with E-state index in [-0.39, 0.29) is 0 Å². The lowest BCUT2D eigenvalue weighted by Gasteiger charge is -2.26. The van der Waals surface area contributed by atoms with Crippen molar-refractivity contribution in [3.8, 4) is 0 Å². The number of hydrogen-bond donors (Lipinski definition) is 3. The third-order valence-electron chi connectivity index (χ3n) is 6.04. The van der Waals surface area contributed by atoms with Crippen molar-refractivity contribution in [3.05, 3.63) is 88.0 Å². The van der Waals surface area contributed by atoms with E-state index in [1.807, 2.05) is 96.1 Å². The zero-order chi connectivity index (χ0) is 25.9. The van der Waals surface area contributed by atoms with Gasteiger partial charge in [0.2, 0.25) is 0 Å². The third kappa shape index (κ3) is 5.29. The summed E-state index contributed by atoms with van der Waals surface area (Å²) in [7, 11) is 0. The van der Waals surface area contributed by atoms with E-state index in [0.29, 0.717) is 17.1 Å². The van der Waals surface area contributed by atoms with Crippen LogP contribution in [-0.2, 0) is 9.59 Å². The summed E-state index contributed by atoms with van der Waals surface area (Å²) in [5.41, 5.74) is 3.36. The van der Waals surface area contributed by atoms with Gasteiger partial charge in [0.25, 0.3) is 17.4 Å². The molecule has 3 aromatic carbocycles. The lowest BCUT2D eigenvalue weighted by Crippen LogP contribution is -2.57. The quantitative estimate of drug-likeness (QED) is 0.300. The Bertz CT molecular complexity index is 1200. The molecule has 7 heteroatoms. The number of amides is 2. The van der Waals surface area contributed by atoms with E-state index in [9.17, 15) is 14.7 Å². The summed E-state index contributed by atoms with van der Waals surface area (Å²) in [5, 5.41) is 16.5. The summed E-state index contributed by atoms with van der Waals surface area (Å²) in [6.45, 7) is 11.0. The minimum Gasteiger partial charge on any atom is -0.366 e. The molecule has 0 atom stereocenters. The topological polar surface area (TPSA) is 90.8 Å². The van der Waals surface area contributed by atoms with Gasteiger partial charge in [-0.05, 0) is 74.9 Å². The minimum absolute atomic E-state index is 0.482. The summed E-state index contributed by atoms with van der Waals surface area (Å²) in [6, 6.07) is 16.5.